The number of rotatable bonds is 5. The predicted molar refractivity (Wildman–Crippen MR) is 73.7 cm³/mol. The van der Waals surface area contributed by atoms with E-state index in [9.17, 15) is 0 Å². The maximum Gasteiger partial charge on any atom is 0.143 e. The number of pyridine rings is 1. The molecule has 1 aromatic rings. The van der Waals surface area contributed by atoms with Crippen LogP contribution >= 0.6 is 31.9 Å². The van der Waals surface area contributed by atoms with Gasteiger partial charge in [-0.2, -0.15) is 0 Å². The summed E-state index contributed by atoms with van der Waals surface area (Å²) in [5, 5.41) is 0. The Balaban J connectivity index is 2.17. The summed E-state index contributed by atoms with van der Waals surface area (Å²) >= 11 is 6.99. The fourth-order valence-corrected chi connectivity index (χ4v) is 2.94. The second kappa shape index (κ2) is 5.47. The van der Waals surface area contributed by atoms with Crippen molar-refractivity contribution >= 4 is 37.7 Å². The van der Waals surface area contributed by atoms with E-state index in [0.29, 0.717) is 6.04 Å². The highest BCUT2D eigenvalue weighted by molar-refractivity contribution is 9.11. The molecule has 0 aromatic carbocycles. The van der Waals surface area contributed by atoms with Crippen molar-refractivity contribution in [2.75, 3.05) is 18.0 Å². The highest BCUT2D eigenvalue weighted by atomic mass is 79.9. The van der Waals surface area contributed by atoms with Gasteiger partial charge in [0.25, 0.3) is 0 Å². The molecule has 0 saturated heterocycles. The summed E-state index contributed by atoms with van der Waals surface area (Å²) in [6.45, 7) is 1.73. The molecule has 2 N–H and O–H groups in total. The molecule has 2 rings (SSSR count). The molecule has 0 radical (unpaired) electrons. The van der Waals surface area contributed by atoms with Crippen LogP contribution in [0.25, 0.3) is 0 Å². The molecule has 0 atom stereocenters. The third-order valence-corrected chi connectivity index (χ3v) is 3.67. The maximum atomic E-state index is 5.57. The minimum absolute atomic E-state index is 0.663. The molecule has 3 nitrogen and oxygen atoms in total. The first-order valence-electron chi connectivity index (χ1n) is 5.50. The van der Waals surface area contributed by atoms with Crippen molar-refractivity contribution < 1.29 is 0 Å². The number of hydrogen-bond donors (Lipinski definition) is 1. The smallest absolute Gasteiger partial charge is 0.143 e. The van der Waals surface area contributed by atoms with Gasteiger partial charge in [0, 0.05) is 23.3 Å². The second-order valence-corrected chi connectivity index (χ2v) is 5.80. The van der Waals surface area contributed by atoms with Crippen LogP contribution in [0.4, 0.5) is 5.82 Å². The molecule has 16 heavy (non-hydrogen) atoms. The van der Waals surface area contributed by atoms with Gasteiger partial charge in [-0.3, -0.25) is 0 Å². The molecule has 88 valence electrons. The molecule has 5 heteroatoms. The molecule has 0 amide bonds. The van der Waals surface area contributed by atoms with Gasteiger partial charge in [0.1, 0.15) is 5.82 Å². The summed E-state index contributed by atoms with van der Waals surface area (Å²) in [6, 6.07) is 2.71. The third-order valence-electron chi connectivity index (χ3n) is 2.65. The van der Waals surface area contributed by atoms with Gasteiger partial charge in [-0.25, -0.2) is 4.98 Å². The van der Waals surface area contributed by atoms with Crippen LogP contribution in [-0.4, -0.2) is 24.1 Å². The monoisotopic (exact) mass is 347 g/mol. The number of halogens is 2. The Morgan fingerprint density at radius 1 is 1.44 bits per heavy atom. The molecule has 0 aliphatic heterocycles. The van der Waals surface area contributed by atoms with Crippen molar-refractivity contribution in [1.82, 2.24) is 4.98 Å². The first-order chi connectivity index (χ1) is 7.72. The van der Waals surface area contributed by atoms with E-state index in [2.05, 4.69) is 41.7 Å². The second-order valence-electron chi connectivity index (χ2n) is 4.03. The van der Waals surface area contributed by atoms with Gasteiger partial charge in [-0.1, -0.05) is 0 Å². The molecule has 1 fully saturated rings. The van der Waals surface area contributed by atoms with Crippen LogP contribution < -0.4 is 10.6 Å². The first-order valence-corrected chi connectivity index (χ1v) is 7.08. The maximum absolute atomic E-state index is 5.57. The zero-order valence-electron chi connectivity index (χ0n) is 9.00. The minimum atomic E-state index is 0.663. The van der Waals surface area contributed by atoms with Gasteiger partial charge >= 0.3 is 0 Å². The van der Waals surface area contributed by atoms with E-state index in [1.54, 1.807) is 0 Å². The van der Waals surface area contributed by atoms with E-state index in [1.807, 2.05) is 12.3 Å². The first kappa shape index (κ1) is 12.3. The van der Waals surface area contributed by atoms with E-state index in [1.165, 1.54) is 12.8 Å². The Kier molecular flexibility index (Phi) is 4.21. The number of nitrogens with zero attached hydrogens (tertiary/aromatic N) is 2. The number of hydrogen-bond acceptors (Lipinski definition) is 3. The topological polar surface area (TPSA) is 42.1 Å². The molecule has 1 heterocycles. The highest BCUT2D eigenvalue weighted by Gasteiger charge is 2.30. The van der Waals surface area contributed by atoms with Crippen molar-refractivity contribution in [3.05, 3.63) is 21.2 Å². The zero-order valence-corrected chi connectivity index (χ0v) is 12.2. The van der Waals surface area contributed by atoms with E-state index >= 15 is 0 Å². The van der Waals surface area contributed by atoms with Crippen LogP contribution in [-0.2, 0) is 0 Å². The number of aromatic nitrogens is 1. The third kappa shape index (κ3) is 2.96. The molecule has 1 aliphatic carbocycles. The molecule has 0 bridgehead atoms. The SMILES string of the molecule is NCCCN(c1ncc(Br)cc1Br)C1CC1. The molecule has 0 unspecified atom stereocenters. The molecule has 1 saturated carbocycles. The van der Waals surface area contributed by atoms with Crippen molar-refractivity contribution in [3.8, 4) is 0 Å². The molecular formula is C11H15Br2N3. The lowest BCUT2D eigenvalue weighted by molar-refractivity contribution is 0.721. The normalized spacial score (nSPS) is 15.2. The molecular weight excluding hydrogens is 334 g/mol. The lowest BCUT2D eigenvalue weighted by atomic mass is 10.3. The van der Waals surface area contributed by atoms with E-state index in [-0.39, 0.29) is 0 Å². The van der Waals surface area contributed by atoms with Gasteiger partial charge in [-0.05, 0) is 63.7 Å². The molecule has 1 aliphatic rings. The van der Waals surface area contributed by atoms with Crippen LogP contribution in [0.1, 0.15) is 19.3 Å². The van der Waals surface area contributed by atoms with Crippen molar-refractivity contribution in [2.24, 2.45) is 5.73 Å². The summed E-state index contributed by atoms with van der Waals surface area (Å²) in [5.41, 5.74) is 5.57. The Labute approximate surface area is 113 Å². The van der Waals surface area contributed by atoms with E-state index in [0.717, 1.165) is 34.3 Å². The quantitative estimate of drug-likeness (QED) is 0.889. The Hall–Kier alpha value is -0.130. The Morgan fingerprint density at radius 3 is 2.75 bits per heavy atom. The van der Waals surface area contributed by atoms with Gasteiger partial charge in [0.15, 0.2) is 0 Å². The summed E-state index contributed by atoms with van der Waals surface area (Å²) in [7, 11) is 0. The average molecular weight is 349 g/mol. The molecule has 1 aromatic heterocycles. The summed E-state index contributed by atoms with van der Waals surface area (Å²) < 4.78 is 2.04. The van der Waals surface area contributed by atoms with Gasteiger partial charge < -0.3 is 10.6 Å². The van der Waals surface area contributed by atoms with Crippen LogP contribution in [0.3, 0.4) is 0 Å². The largest absolute Gasteiger partial charge is 0.353 e. The van der Waals surface area contributed by atoms with Crippen molar-refractivity contribution in [2.45, 2.75) is 25.3 Å². The lowest BCUT2D eigenvalue weighted by Crippen LogP contribution is -2.29. The Bertz CT molecular complexity index is 366. The highest BCUT2D eigenvalue weighted by Crippen LogP contribution is 2.35. The minimum Gasteiger partial charge on any atom is -0.353 e. The van der Waals surface area contributed by atoms with Gasteiger partial charge in [-0.15, -0.1) is 0 Å². The summed E-state index contributed by atoms with van der Waals surface area (Å²) in [6.07, 6.45) is 5.40. The lowest BCUT2D eigenvalue weighted by Gasteiger charge is -2.24. The van der Waals surface area contributed by atoms with Crippen LogP contribution in [0.2, 0.25) is 0 Å². The van der Waals surface area contributed by atoms with E-state index in [4.69, 9.17) is 5.73 Å². The Morgan fingerprint density at radius 2 is 2.19 bits per heavy atom. The van der Waals surface area contributed by atoms with Gasteiger partial charge in [0.2, 0.25) is 0 Å². The number of nitrogens with two attached hydrogens (primary N) is 1. The van der Waals surface area contributed by atoms with Crippen LogP contribution in [0.15, 0.2) is 21.2 Å². The predicted octanol–water partition coefficient (Wildman–Crippen LogP) is 2.92. The average Bonchev–Trinajstić information content (AvgIpc) is 3.05. The number of anilines is 1. The summed E-state index contributed by atoms with van der Waals surface area (Å²) in [5.74, 6) is 1.04. The fraction of sp³-hybridized carbons (Fsp3) is 0.545. The van der Waals surface area contributed by atoms with Crippen molar-refractivity contribution in [3.63, 3.8) is 0 Å². The van der Waals surface area contributed by atoms with Gasteiger partial charge in [0.05, 0.1) is 4.47 Å². The molecule has 0 spiro atoms. The van der Waals surface area contributed by atoms with Crippen LogP contribution in [0, 0.1) is 0 Å². The zero-order chi connectivity index (χ0) is 11.5. The fourth-order valence-electron chi connectivity index (χ4n) is 1.73. The van der Waals surface area contributed by atoms with Crippen LogP contribution in [0.5, 0.6) is 0 Å². The standard InChI is InChI=1S/C11H15Br2N3/c12-8-6-10(13)11(15-7-8)16(5-1-4-14)9-2-3-9/h6-7,9H,1-5,14H2. The summed E-state index contributed by atoms with van der Waals surface area (Å²) in [4.78, 5) is 6.85. The van der Waals surface area contributed by atoms with Crippen molar-refractivity contribution in [1.29, 1.82) is 0 Å². The van der Waals surface area contributed by atoms with E-state index < -0.39 is 0 Å².